The first-order chi connectivity index (χ1) is 14.0. The quantitative estimate of drug-likeness (QED) is 0.673. The van der Waals surface area contributed by atoms with E-state index in [0.29, 0.717) is 16.4 Å². The molecule has 0 bridgehead atoms. The molecule has 0 N–H and O–H groups in total. The van der Waals surface area contributed by atoms with Crippen molar-refractivity contribution >= 4 is 46.6 Å². The Morgan fingerprint density at radius 1 is 0.793 bits per heavy atom. The molecule has 3 rings (SSSR count). The molecule has 8 nitrogen and oxygen atoms in total. The lowest BCUT2D eigenvalue weighted by Gasteiger charge is -2.30. The number of halogens is 1. The molecule has 29 heavy (non-hydrogen) atoms. The van der Waals surface area contributed by atoms with Crippen LogP contribution >= 0.6 is 11.6 Å². The van der Waals surface area contributed by atoms with E-state index in [1.807, 2.05) is 6.07 Å². The van der Waals surface area contributed by atoms with E-state index in [1.165, 1.54) is 10.0 Å². The number of hydrogen-bond donors (Lipinski definition) is 0. The van der Waals surface area contributed by atoms with Gasteiger partial charge in [-0.2, -0.15) is 0 Å². The van der Waals surface area contributed by atoms with Gasteiger partial charge in [0.1, 0.15) is 0 Å². The van der Waals surface area contributed by atoms with Crippen LogP contribution in [0.4, 0.5) is 11.4 Å². The Balaban J connectivity index is 2.13. The van der Waals surface area contributed by atoms with Crippen molar-refractivity contribution < 1.29 is 19.1 Å². The van der Waals surface area contributed by atoms with E-state index in [9.17, 15) is 9.59 Å². The van der Waals surface area contributed by atoms with Crippen LogP contribution in [-0.2, 0) is 19.1 Å². The molecule has 1 heterocycles. The van der Waals surface area contributed by atoms with Gasteiger partial charge in [0.25, 0.3) is 11.7 Å². The van der Waals surface area contributed by atoms with Gasteiger partial charge in [-0.1, -0.05) is 29.8 Å². The minimum atomic E-state index is -0.685. The van der Waals surface area contributed by atoms with Gasteiger partial charge in [-0.25, -0.2) is 19.6 Å². The molecule has 0 aliphatic carbocycles. The van der Waals surface area contributed by atoms with Gasteiger partial charge in [0.2, 0.25) is 0 Å². The molecule has 0 saturated carbocycles. The van der Waals surface area contributed by atoms with Gasteiger partial charge in [0.05, 0.1) is 24.6 Å². The number of ether oxygens (including phenoxy) is 2. The van der Waals surface area contributed by atoms with Crippen molar-refractivity contribution in [3.8, 4) is 0 Å². The van der Waals surface area contributed by atoms with E-state index in [0.717, 1.165) is 0 Å². The summed E-state index contributed by atoms with van der Waals surface area (Å²) in [6.07, 6.45) is 0. The van der Waals surface area contributed by atoms with Gasteiger partial charge in [0.15, 0.2) is 0 Å². The van der Waals surface area contributed by atoms with Crippen LogP contribution in [0.15, 0.2) is 64.8 Å². The first-order valence-electron chi connectivity index (χ1n) is 8.97. The molecule has 0 saturated heterocycles. The molecule has 0 atom stereocenters. The Morgan fingerprint density at radius 3 is 1.69 bits per heavy atom. The summed E-state index contributed by atoms with van der Waals surface area (Å²) < 4.78 is 10.3. The van der Waals surface area contributed by atoms with Crippen molar-refractivity contribution in [3.05, 3.63) is 59.6 Å². The highest BCUT2D eigenvalue weighted by Crippen LogP contribution is 2.25. The number of carbonyl (C=O) groups excluding carboxylic acids is 2. The average molecular weight is 415 g/mol. The molecule has 0 spiro atoms. The highest BCUT2D eigenvalue weighted by Gasteiger charge is 2.34. The minimum absolute atomic E-state index is 0.0963. The van der Waals surface area contributed by atoms with Crippen LogP contribution in [0.3, 0.4) is 0 Å². The standard InChI is InChI=1S/C20H19ClN4O4/c1-3-28-19(26)17-23-25(16-12-10-14(21)11-13-16)18(20(27)29-4-2)22-24(17)15-8-6-5-7-9-15/h5-13H,3-4H2,1-2H3. The number of para-hydroxylation sites is 1. The van der Waals surface area contributed by atoms with Crippen molar-refractivity contribution in [1.29, 1.82) is 0 Å². The summed E-state index contributed by atoms with van der Waals surface area (Å²) in [7, 11) is 0. The van der Waals surface area contributed by atoms with Crippen LogP contribution < -0.4 is 10.0 Å². The zero-order valence-corrected chi connectivity index (χ0v) is 16.7. The Labute approximate surface area is 173 Å². The number of carbonyl (C=O) groups is 2. The molecular formula is C20H19ClN4O4. The lowest BCUT2D eigenvalue weighted by molar-refractivity contribution is -0.136. The molecule has 0 fully saturated rings. The SMILES string of the molecule is CCOC(=O)C1=NN(c2ccc(Cl)cc2)C(C(=O)OCC)=NN1c1ccccc1. The van der Waals surface area contributed by atoms with E-state index < -0.39 is 11.9 Å². The van der Waals surface area contributed by atoms with E-state index in [1.54, 1.807) is 62.4 Å². The molecule has 2 aromatic rings. The van der Waals surface area contributed by atoms with Gasteiger partial charge in [-0.05, 0) is 50.2 Å². The number of benzene rings is 2. The van der Waals surface area contributed by atoms with Gasteiger partial charge >= 0.3 is 11.9 Å². The molecule has 0 aromatic heterocycles. The number of esters is 2. The molecule has 2 aromatic carbocycles. The lowest BCUT2D eigenvalue weighted by Crippen LogP contribution is -2.47. The van der Waals surface area contributed by atoms with Gasteiger partial charge in [-0.3, -0.25) is 0 Å². The zero-order chi connectivity index (χ0) is 20.8. The van der Waals surface area contributed by atoms with Crippen LogP contribution in [0, 0.1) is 0 Å². The van der Waals surface area contributed by atoms with Crippen LogP contribution in [0.1, 0.15) is 13.8 Å². The average Bonchev–Trinajstić information content (AvgIpc) is 2.74. The smallest absolute Gasteiger partial charge is 0.378 e. The summed E-state index contributed by atoms with van der Waals surface area (Å²) >= 11 is 5.96. The minimum Gasteiger partial charge on any atom is -0.460 e. The van der Waals surface area contributed by atoms with Crippen molar-refractivity contribution in [2.75, 3.05) is 23.2 Å². The maximum Gasteiger partial charge on any atom is 0.378 e. The predicted molar refractivity (Wildman–Crippen MR) is 111 cm³/mol. The molecule has 0 radical (unpaired) electrons. The topological polar surface area (TPSA) is 83.8 Å². The van der Waals surface area contributed by atoms with E-state index >= 15 is 0 Å². The summed E-state index contributed by atoms with van der Waals surface area (Å²) in [5, 5.41) is 11.8. The van der Waals surface area contributed by atoms with Gasteiger partial charge in [0, 0.05) is 5.02 Å². The second-order valence-corrected chi connectivity index (χ2v) is 6.16. The Bertz CT molecular complexity index is 945. The van der Waals surface area contributed by atoms with E-state index in [4.69, 9.17) is 21.1 Å². The first-order valence-corrected chi connectivity index (χ1v) is 9.35. The van der Waals surface area contributed by atoms with Gasteiger partial charge in [-0.15, -0.1) is 10.2 Å². The van der Waals surface area contributed by atoms with Crippen molar-refractivity contribution in [1.82, 2.24) is 0 Å². The number of rotatable bonds is 6. The number of nitrogens with zero attached hydrogens (tertiary/aromatic N) is 4. The predicted octanol–water partition coefficient (Wildman–Crippen LogP) is 3.42. The van der Waals surface area contributed by atoms with Crippen molar-refractivity contribution in [2.45, 2.75) is 13.8 Å². The second kappa shape index (κ2) is 9.20. The highest BCUT2D eigenvalue weighted by atomic mass is 35.5. The van der Waals surface area contributed by atoms with Crippen LogP contribution in [-0.4, -0.2) is 36.8 Å². The highest BCUT2D eigenvalue weighted by molar-refractivity contribution is 6.47. The van der Waals surface area contributed by atoms with E-state index in [2.05, 4.69) is 10.2 Å². The molecule has 1 aliphatic rings. The normalized spacial score (nSPS) is 13.5. The summed E-state index contributed by atoms with van der Waals surface area (Å²) in [5.74, 6) is -1.57. The third-order valence-electron chi connectivity index (χ3n) is 3.78. The summed E-state index contributed by atoms with van der Waals surface area (Å²) in [6, 6.07) is 15.4. The maximum atomic E-state index is 12.6. The number of hydrogen-bond acceptors (Lipinski definition) is 8. The molecular weight excluding hydrogens is 396 g/mol. The lowest BCUT2D eigenvalue weighted by atomic mass is 10.3. The molecule has 0 unspecified atom stereocenters. The number of amidine groups is 2. The Kier molecular flexibility index (Phi) is 6.46. The fourth-order valence-electron chi connectivity index (χ4n) is 2.53. The summed E-state index contributed by atoms with van der Waals surface area (Å²) in [6.45, 7) is 3.70. The first kappa shape index (κ1) is 20.3. The van der Waals surface area contributed by atoms with Crippen LogP contribution in [0.2, 0.25) is 5.02 Å². The zero-order valence-electron chi connectivity index (χ0n) is 15.9. The third-order valence-corrected chi connectivity index (χ3v) is 4.03. The fraction of sp³-hybridized carbons (Fsp3) is 0.200. The van der Waals surface area contributed by atoms with Crippen LogP contribution in [0.25, 0.3) is 0 Å². The Morgan fingerprint density at radius 2 is 1.24 bits per heavy atom. The van der Waals surface area contributed by atoms with E-state index in [-0.39, 0.29) is 24.9 Å². The summed E-state index contributed by atoms with van der Waals surface area (Å²) in [4.78, 5) is 25.2. The monoisotopic (exact) mass is 414 g/mol. The Hall–Kier alpha value is -3.39. The second-order valence-electron chi connectivity index (χ2n) is 5.72. The van der Waals surface area contributed by atoms with Crippen molar-refractivity contribution in [2.24, 2.45) is 10.2 Å². The molecule has 0 amide bonds. The fourth-order valence-corrected chi connectivity index (χ4v) is 2.65. The molecule has 1 aliphatic heterocycles. The van der Waals surface area contributed by atoms with Crippen LogP contribution in [0.5, 0.6) is 0 Å². The molecule has 9 heteroatoms. The molecule has 150 valence electrons. The number of anilines is 2. The van der Waals surface area contributed by atoms with Crippen molar-refractivity contribution in [3.63, 3.8) is 0 Å². The van der Waals surface area contributed by atoms with Gasteiger partial charge < -0.3 is 9.47 Å². The third kappa shape index (κ3) is 4.55. The number of hydrazone groups is 2. The maximum absolute atomic E-state index is 12.6. The summed E-state index contributed by atoms with van der Waals surface area (Å²) in [5.41, 5.74) is 1.02. The largest absolute Gasteiger partial charge is 0.460 e.